The first-order valence-electron chi connectivity index (χ1n) is 5.96. The molecule has 1 aromatic carbocycles. The topological polar surface area (TPSA) is 87.4 Å². The van der Waals surface area contributed by atoms with Crippen molar-refractivity contribution >= 4 is 29.0 Å². The average Bonchev–Trinajstić information content (AvgIpc) is 2.35. The molecule has 0 aromatic heterocycles. The Labute approximate surface area is 118 Å². The van der Waals surface area contributed by atoms with Gasteiger partial charge in [0.2, 0.25) is 0 Å². The van der Waals surface area contributed by atoms with Gasteiger partial charge in [-0.2, -0.15) is 11.8 Å². The quantitative estimate of drug-likeness (QED) is 0.588. The van der Waals surface area contributed by atoms with Crippen LogP contribution in [0.5, 0.6) is 0 Å². The van der Waals surface area contributed by atoms with Gasteiger partial charge in [-0.3, -0.25) is 4.79 Å². The lowest BCUT2D eigenvalue weighted by atomic mass is 10.1. The van der Waals surface area contributed by atoms with Crippen LogP contribution in [-0.4, -0.2) is 42.2 Å². The van der Waals surface area contributed by atoms with E-state index in [1.54, 1.807) is 43.9 Å². The van der Waals surface area contributed by atoms with Crippen LogP contribution < -0.4 is 16.4 Å². The molecule has 1 aromatic rings. The second-order valence-corrected chi connectivity index (χ2v) is 5.53. The van der Waals surface area contributed by atoms with Crippen LogP contribution in [0.4, 0.5) is 11.4 Å². The van der Waals surface area contributed by atoms with Crippen molar-refractivity contribution in [2.75, 3.05) is 36.7 Å². The van der Waals surface area contributed by atoms with Crippen LogP contribution in [-0.2, 0) is 0 Å². The Balaban J connectivity index is 2.87. The minimum atomic E-state index is -0.843. The molecule has 0 aliphatic heterocycles. The van der Waals surface area contributed by atoms with Crippen LogP contribution in [0, 0.1) is 0 Å². The molecule has 1 rings (SSSR count). The fourth-order valence-electron chi connectivity index (χ4n) is 1.69. The Morgan fingerprint density at radius 3 is 2.79 bits per heavy atom. The summed E-state index contributed by atoms with van der Waals surface area (Å²) >= 11 is 1.57. The van der Waals surface area contributed by atoms with Crippen LogP contribution in [0.2, 0.25) is 0 Å². The molecule has 0 spiro atoms. The van der Waals surface area contributed by atoms with Gasteiger partial charge < -0.3 is 21.5 Å². The summed E-state index contributed by atoms with van der Waals surface area (Å²) in [6, 6.07) is 5.04. The van der Waals surface area contributed by atoms with Crippen LogP contribution in [0.15, 0.2) is 18.2 Å². The van der Waals surface area contributed by atoms with Crippen LogP contribution in [0.1, 0.15) is 17.3 Å². The number of nitrogens with two attached hydrogens (primary N) is 1. The van der Waals surface area contributed by atoms with Gasteiger partial charge in [0.15, 0.2) is 0 Å². The predicted molar refractivity (Wildman–Crippen MR) is 81.7 cm³/mol. The Hall–Kier alpha value is -1.40. The molecule has 6 heteroatoms. The minimum Gasteiger partial charge on any atom is -0.399 e. The SMILES string of the molecule is CNC(=O)c1ccc(N)cc1NCC(C)(O)CSC. The van der Waals surface area contributed by atoms with Gasteiger partial charge in [0.25, 0.3) is 5.91 Å². The summed E-state index contributed by atoms with van der Waals surface area (Å²) in [5.74, 6) is 0.421. The zero-order valence-electron chi connectivity index (χ0n) is 11.5. The van der Waals surface area contributed by atoms with E-state index in [1.165, 1.54) is 0 Å². The highest BCUT2D eigenvalue weighted by molar-refractivity contribution is 7.98. The number of anilines is 2. The fraction of sp³-hybridized carbons (Fsp3) is 0.462. The van der Waals surface area contributed by atoms with E-state index >= 15 is 0 Å². The monoisotopic (exact) mass is 283 g/mol. The third-order valence-corrected chi connectivity index (χ3v) is 3.54. The van der Waals surface area contributed by atoms with Crippen molar-refractivity contribution in [3.63, 3.8) is 0 Å². The second-order valence-electron chi connectivity index (χ2n) is 4.67. The highest BCUT2D eigenvalue weighted by atomic mass is 32.2. The highest BCUT2D eigenvalue weighted by Gasteiger charge is 2.20. The summed E-state index contributed by atoms with van der Waals surface area (Å²) in [6.07, 6.45) is 1.94. The van der Waals surface area contributed by atoms with Crippen LogP contribution >= 0.6 is 11.8 Å². The maximum Gasteiger partial charge on any atom is 0.253 e. The van der Waals surface area contributed by atoms with E-state index in [-0.39, 0.29) is 5.91 Å². The maximum atomic E-state index is 11.7. The number of amides is 1. The molecular formula is C13H21N3O2S. The summed E-state index contributed by atoms with van der Waals surface area (Å²) in [5.41, 5.74) is 6.59. The highest BCUT2D eigenvalue weighted by Crippen LogP contribution is 2.21. The molecular weight excluding hydrogens is 262 g/mol. The van der Waals surface area contributed by atoms with Crippen LogP contribution in [0.3, 0.4) is 0 Å². The number of carbonyl (C=O) groups is 1. The Morgan fingerprint density at radius 2 is 2.21 bits per heavy atom. The van der Waals surface area contributed by atoms with Gasteiger partial charge in [-0.1, -0.05) is 0 Å². The lowest BCUT2D eigenvalue weighted by Crippen LogP contribution is -2.36. The molecule has 0 aliphatic rings. The number of benzene rings is 1. The molecule has 0 saturated heterocycles. The lowest BCUT2D eigenvalue weighted by Gasteiger charge is -2.24. The van der Waals surface area contributed by atoms with Crippen molar-refractivity contribution in [3.8, 4) is 0 Å². The summed E-state index contributed by atoms with van der Waals surface area (Å²) in [6.45, 7) is 2.10. The molecule has 19 heavy (non-hydrogen) atoms. The van der Waals surface area contributed by atoms with Crippen molar-refractivity contribution in [1.29, 1.82) is 0 Å². The minimum absolute atomic E-state index is 0.188. The van der Waals surface area contributed by atoms with E-state index in [9.17, 15) is 9.90 Å². The van der Waals surface area contributed by atoms with E-state index in [1.807, 2.05) is 6.26 Å². The molecule has 0 fully saturated rings. The third kappa shape index (κ3) is 4.65. The fourth-order valence-corrected chi connectivity index (χ4v) is 2.41. The molecule has 0 saturated carbocycles. The molecule has 0 radical (unpaired) electrons. The van der Waals surface area contributed by atoms with Gasteiger partial charge in [-0.25, -0.2) is 0 Å². The summed E-state index contributed by atoms with van der Waals surface area (Å²) in [4.78, 5) is 11.7. The molecule has 0 aliphatic carbocycles. The summed E-state index contributed by atoms with van der Waals surface area (Å²) < 4.78 is 0. The van der Waals surface area contributed by atoms with Gasteiger partial charge in [-0.15, -0.1) is 0 Å². The molecule has 1 atom stereocenters. The van der Waals surface area contributed by atoms with Crippen molar-refractivity contribution < 1.29 is 9.90 Å². The van der Waals surface area contributed by atoms with Crippen molar-refractivity contribution in [2.45, 2.75) is 12.5 Å². The first kappa shape index (κ1) is 15.7. The number of nitrogen functional groups attached to an aromatic ring is 1. The molecule has 106 valence electrons. The Morgan fingerprint density at radius 1 is 1.53 bits per heavy atom. The predicted octanol–water partition coefficient (Wildman–Crippen LogP) is 1.15. The molecule has 1 amide bonds. The van der Waals surface area contributed by atoms with Gasteiger partial charge in [0.1, 0.15) is 0 Å². The Kier molecular flexibility index (Phi) is 5.50. The largest absolute Gasteiger partial charge is 0.399 e. The number of hydrogen-bond acceptors (Lipinski definition) is 5. The molecule has 5 nitrogen and oxygen atoms in total. The van der Waals surface area contributed by atoms with E-state index in [2.05, 4.69) is 10.6 Å². The van der Waals surface area contributed by atoms with Gasteiger partial charge in [0.05, 0.1) is 11.2 Å². The number of nitrogens with one attached hydrogen (secondary N) is 2. The van der Waals surface area contributed by atoms with Crippen molar-refractivity contribution in [3.05, 3.63) is 23.8 Å². The number of carbonyl (C=O) groups excluding carboxylic acids is 1. The Bertz CT molecular complexity index is 450. The van der Waals surface area contributed by atoms with E-state index < -0.39 is 5.60 Å². The molecule has 0 bridgehead atoms. The van der Waals surface area contributed by atoms with Gasteiger partial charge in [-0.05, 0) is 31.4 Å². The zero-order valence-corrected chi connectivity index (χ0v) is 12.3. The van der Waals surface area contributed by atoms with E-state index in [4.69, 9.17) is 5.73 Å². The van der Waals surface area contributed by atoms with E-state index in [0.717, 1.165) is 0 Å². The molecule has 5 N–H and O–H groups in total. The average molecular weight is 283 g/mol. The van der Waals surface area contributed by atoms with Gasteiger partial charge >= 0.3 is 0 Å². The lowest BCUT2D eigenvalue weighted by molar-refractivity contribution is 0.0956. The number of aliphatic hydroxyl groups is 1. The smallest absolute Gasteiger partial charge is 0.253 e. The molecule has 0 heterocycles. The van der Waals surface area contributed by atoms with Crippen molar-refractivity contribution in [1.82, 2.24) is 5.32 Å². The maximum absolute atomic E-state index is 11.7. The molecule has 1 unspecified atom stereocenters. The third-order valence-electron chi connectivity index (χ3n) is 2.63. The normalized spacial score (nSPS) is 13.7. The van der Waals surface area contributed by atoms with Crippen LogP contribution in [0.25, 0.3) is 0 Å². The number of rotatable bonds is 6. The summed E-state index contributed by atoms with van der Waals surface area (Å²) in [7, 11) is 1.58. The second kappa shape index (κ2) is 6.68. The van der Waals surface area contributed by atoms with E-state index in [0.29, 0.717) is 29.2 Å². The zero-order chi connectivity index (χ0) is 14.5. The summed E-state index contributed by atoms with van der Waals surface area (Å²) in [5, 5.41) is 15.8. The number of thioether (sulfide) groups is 1. The van der Waals surface area contributed by atoms with Gasteiger partial charge in [0, 0.05) is 30.7 Å². The first-order chi connectivity index (χ1) is 8.89. The van der Waals surface area contributed by atoms with Crippen molar-refractivity contribution in [2.24, 2.45) is 0 Å². The number of hydrogen-bond donors (Lipinski definition) is 4. The first-order valence-corrected chi connectivity index (χ1v) is 7.36. The standard InChI is InChI=1S/C13H21N3O2S/c1-13(18,8-19-3)7-16-11-6-9(14)4-5-10(11)12(17)15-2/h4-6,16,18H,7-8,14H2,1-3H3,(H,15,17).